The molecule has 4 aromatic rings. The zero-order valence-electron chi connectivity index (χ0n) is 15.0. The van der Waals surface area contributed by atoms with Crippen LogP contribution in [0.1, 0.15) is 11.3 Å². The van der Waals surface area contributed by atoms with Crippen LogP contribution in [0.5, 0.6) is 0 Å². The van der Waals surface area contributed by atoms with E-state index in [2.05, 4.69) is 20.2 Å². The molecule has 0 atom stereocenters. The average Bonchev–Trinajstić information content (AvgIpc) is 3.36. The lowest BCUT2D eigenvalue weighted by Gasteiger charge is -2.08. The zero-order chi connectivity index (χ0) is 19.6. The molecule has 0 spiro atoms. The van der Waals surface area contributed by atoms with Gasteiger partial charge in [-0.25, -0.2) is 4.68 Å². The van der Waals surface area contributed by atoms with Crippen LogP contribution < -0.4 is 4.83 Å². The maximum absolute atomic E-state index is 12.5. The van der Waals surface area contributed by atoms with Crippen molar-refractivity contribution in [3.8, 4) is 0 Å². The summed E-state index contributed by atoms with van der Waals surface area (Å²) in [4.78, 5) is 2.41. The van der Waals surface area contributed by atoms with Crippen molar-refractivity contribution in [2.75, 3.05) is 0 Å². The van der Waals surface area contributed by atoms with Gasteiger partial charge in [0.1, 0.15) is 11.2 Å². The number of aryl methyl sites for hydroxylation is 1. The summed E-state index contributed by atoms with van der Waals surface area (Å²) in [6, 6.07) is 17.4. The van der Waals surface area contributed by atoms with Crippen LogP contribution in [0.15, 0.2) is 81.3 Å². The van der Waals surface area contributed by atoms with Crippen LogP contribution in [0.2, 0.25) is 0 Å². The third-order valence-electron chi connectivity index (χ3n) is 4.16. The maximum atomic E-state index is 12.5. The van der Waals surface area contributed by atoms with Crippen LogP contribution in [0.25, 0.3) is 11.0 Å². The van der Waals surface area contributed by atoms with Crippen molar-refractivity contribution in [1.82, 2.24) is 19.8 Å². The molecule has 2 aromatic heterocycles. The third-order valence-corrected chi connectivity index (χ3v) is 5.38. The minimum atomic E-state index is -3.81. The fourth-order valence-electron chi connectivity index (χ4n) is 2.67. The Morgan fingerprint density at radius 2 is 1.89 bits per heavy atom. The van der Waals surface area contributed by atoms with E-state index in [-0.39, 0.29) is 11.4 Å². The number of nitrogens with zero attached hydrogens (tertiary/aromatic N) is 4. The van der Waals surface area contributed by atoms with Crippen LogP contribution in [-0.4, -0.2) is 29.1 Å². The molecule has 0 bridgehead atoms. The second-order valence-corrected chi connectivity index (χ2v) is 7.84. The van der Waals surface area contributed by atoms with Gasteiger partial charge in [-0.3, -0.25) is 0 Å². The van der Waals surface area contributed by atoms with E-state index in [4.69, 9.17) is 4.42 Å². The van der Waals surface area contributed by atoms with Gasteiger partial charge in [-0.2, -0.15) is 18.4 Å². The van der Waals surface area contributed by atoms with Crippen LogP contribution in [-0.2, 0) is 16.6 Å². The summed E-state index contributed by atoms with van der Waals surface area (Å²) in [7, 11) is -3.81. The normalized spacial score (nSPS) is 12.4. The van der Waals surface area contributed by atoms with E-state index < -0.39 is 10.0 Å². The number of rotatable bonds is 6. The number of para-hydroxylation sites is 1. The van der Waals surface area contributed by atoms with Crippen LogP contribution in [0.4, 0.5) is 0 Å². The summed E-state index contributed by atoms with van der Waals surface area (Å²) < 4.78 is 32.1. The summed E-state index contributed by atoms with van der Waals surface area (Å²) in [5.74, 6) is 0.436. The molecule has 28 heavy (non-hydrogen) atoms. The highest BCUT2D eigenvalue weighted by molar-refractivity contribution is 7.89. The van der Waals surface area contributed by atoms with Crippen molar-refractivity contribution in [3.05, 3.63) is 78.3 Å². The lowest BCUT2D eigenvalue weighted by molar-refractivity contribution is 0.550. The highest BCUT2D eigenvalue weighted by Gasteiger charge is 2.16. The number of hydrogen-bond acceptors (Lipinski definition) is 6. The number of aromatic nitrogens is 3. The number of nitrogens with one attached hydrogen (secondary N) is 1. The Balaban J connectivity index is 1.66. The highest BCUT2D eigenvalue weighted by atomic mass is 32.2. The number of furan rings is 1. The average molecular weight is 395 g/mol. The van der Waals surface area contributed by atoms with Gasteiger partial charge in [0.25, 0.3) is 10.0 Å². The Morgan fingerprint density at radius 1 is 1.11 bits per heavy atom. The molecule has 0 amide bonds. The summed E-state index contributed by atoms with van der Waals surface area (Å²) >= 11 is 0. The summed E-state index contributed by atoms with van der Waals surface area (Å²) in [6.45, 7) is 2.07. The monoisotopic (exact) mass is 395 g/mol. The van der Waals surface area contributed by atoms with Gasteiger partial charge in [0.2, 0.25) is 0 Å². The molecule has 4 rings (SSSR count). The molecule has 2 aromatic carbocycles. The molecule has 0 saturated carbocycles. The van der Waals surface area contributed by atoms with Gasteiger partial charge in [-0.15, -0.1) is 5.10 Å². The van der Waals surface area contributed by atoms with Crippen molar-refractivity contribution in [3.63, 3.8) is 0 Å². The number of benzene rings is 2. The molecular formula is C19H17N5O3S. The van der Waals surface area contributed by atoms with Gasteiger partial charge in [0.15, 0.2) is 5.76 Å². The molecule has 0 aliphatic carbocycles. The molecule has 0 aliphatic rings. The standard InChI is InChI=1S/C19H17N5O3S/c1-14-8-10-15(11-9-14)28(25,26)23-21-17(19-7-4-12-27-19)13-24-18-6-3-2-5-16(18)20-22-24/h2-12,23H,13H2,1H3. The number of hydrazone groups is 1. The Bertz CT molecular complexity index is 1230. The Hall–Kier alpha value is -3.46. The second kappa shape index (κ2) is 7.28. The second-order valence-electron chi connectivity index (χ2n) is 6.18. The van der Waals surface area contributed by atoms with Gasteiger partial charge < -0.3 is 4.42 Å². The minimum Gasteiger partial charge on any atom is -0.463 e. The maximum Gasteiger partial charge on any atom is 0.276 e. The molecule has 2 heterocycles. The summed E-state index contributed by atoms with van der Waals surface area (Å²) in [5.41, 5.74) is 2.89. The lowest BCUT2D eigenvalue weighted by Crippen LogP contribution is -2.23. The highest BCUT2D eigenvalue weighted by Crippen LogP contribution is 2.13. The molecule has 0 fully saturated rings. The molecule has 0 saturated heterocycles. The van der Waals surface area contributed by atoms with E-state index in [1.165, 1.54) is 18.4 Å². The lowest BCUT2D eigenvalue weighted by atomic mass is 10.2. The molecule has 0 aliphatic heterocycles. The molecular weight excluding hydrogens is 378 g/mol. The molecule has 142 valence electrons. The summed E-state index contributed by atoms with van der Waals surface area (Å²) in [6.07, 6.45) is 1.50. The topological polar surface area (TPSA) is 102 Å². The fraction of sp³-hybridized carbons (Fsp3) is 0.105. The first kappa shape index (κ1) is 17.9. The molecule has 0 radical (unpaired) electrons. The number of sulfonamides is 1. The third kappa shape index (κ3) is 3.65. The molecule has 9 heteroatoms. The summed E-state index contributed by atoms with van der Waals surface area (Å²) in [5, 5.41) is 12.3. The fourth-order valence-corrected chi connectivity index (χ4v) is 3.50. The van der Waals surface area contributed by atoms with E-state index in [0.29, 0.717) is 11.5 Å². The van der Waals surface area contributed by atoms with E-state index in [9.17, 15) is 8.42 Å². The van der Waals surface area contributed by atoms with Crippen molar-refractivity contribution in [2.24, 2.45) is 5.10 Å². The van der Waals surface area contributed by atoms with Crippen LogP contribution >= 0.6 is 0 Å². The van der Waals surface area contributed by atoms with Gasteiger partial charge in [0.05, 0.1) is 23.2 Å². The van der Waals surface area contributed by atoms with E-state index in [1.807, 2.05) is 31.2 Å². The van der Waals surface area contributed by atoms with Crippen molar-refractivity contribution in [1.29, 1.82) is 0 Å². The van der Waals surface area contributed by atoms with Crippen molar-refractivity contribution in [2.45, 2.75) is 18.4 Å². The first-order chi connectivity index (χ1) is 13.5. The zero-order valence-corrected chi connectivity index (χ0v) is 15.8. The Kier molecular flexibility index (Phi) is 4.66. The van der Waals surface area contributed by atoms with Crippen molar-refractivity contribution < 1.29 is 12.8 Å². The first-order valence-corrected chi connectivity index (χ1v) is 9.98. The van der Waals surface area contributed by atoms with Crippen molar-refractivity contribution >= 4 is 26.8 Å². The van der Waals surface area contributed by atoms with Gasteiger partial charge in [-0.05, 0) is 43.3 Å². The van der Waals surface area contributed by atoms with Crippen LogP contribution in [0, 0.1) is 6.92 Å². The van der Waals surface area contributed by atoms with Gasteiger partial charge in [-0.1, -0.05) is 35.0 Å². The predicted molar refractivity (Wildman–Crippen MR) is 104 cm³/mol. The Morgan fingerprint density at radius 3 is 2.64 bits per heavy atom. The van der Waals surface area contributed by atoms with E-state index in [1.54, 1.807) is 28.9 Å². The number of hydrogen-bond donors (Lipinski definition) is 1. The Labute approximate surface area is 161 Å². The smallest absolute Gasteiger partial charge is 0.276 e. The predicted octanol–water partition coefficient (Wildman–Crippen LogP) is 2.72. The van der Waals surface area contributed by atoms with E-state index >= 15 is 0 Å². The largest absolute Gasteiger partial charge is 0.463 e. The molecule has 8 nitrogen and oxygen atoms in total. The van der Waals surface area contributed by atoms with Gasteiger partial charge in [0, 0.05) is 0 Å². The first-order valence-electron chi connectivity index (χ1n) is 8.50. The van der Waals surface area contributed by atoms with E-state index in [0.717, 1.165) is 16.6 Å². The molecule has 0 unspecified atom stereocenters. The molecule has 1 N–H and O–H groups in total. The SMILES string of the molecule is Cc1ccc(S(=O)(=O)NN=C(Cn2nnc3ccccc32)c2ccco2)cc1. The quantitative estimate of drug-likeness (QED) is 0.399. The number of fused-ring (bicyclic) bond motifs is 1. The van der Waals surface area contributed by atoms with Gasteiger partial charge >= 0.3 is 0 Å². The minimum absolute atomic E-state index is 0.131. The van der Waals surface area contributed by atoms with Crippen LogP contribution in [0.3, 0.4) is 0 Å².